The van der Waals surface area contributed by atoms with Crippen molar-refractivity contribution >= 4 is 5.78 Å². The number of Topliss-reactive ketones (excluding diaryl/α,β-unsaturated/α-hetero) is 1. The number of rotatable bonds is 2. The Bertz CT molecular complexity index is 336. The number of ketones is 1. The Morgan fingerprint density at radius 2 is 2.07 bits per heavy atom. The monoisotopic (exact) mass is 205 g/mol. The van der Waals surface area contributed by atoms with Crippen LogP contribution in [-0.2, 0) is 4.79 Å². The summed E-state index contributed by atoms with van der Waals surface area (Å²) < 4.78 is 0. The summed E-state index contributed by atoms with van der Waals surface area (Å²) >= 11 is 0. The normalized spacial score (nSPS) is 26.7. The van der Waals surface area contributed by atoms with E-state index >= 15 is 0 Å². The van der Waals surface area contributed by atoms with Gasteiger partial charge in [0.15, 0.2) is 5.78 Å². The summed E-state index contributed by atoms with van der Waals surface area (Å²) in [4.78, 5) is 14.2. The Morgan fingerprint density at radius 1 is 1.40 bits per heavy atom. The molecule has 2 aliphatic rings. The third-order valence-corrected chi connectivity index (χ3v) is 3.66. The third kappa shape index (κ3) is 1.85. The minimum Gasteiger partial charge on any atom is -0.374 e. The van der Waals surface area contributed by atoms with Crippen LogP contribution in [0.15, 0.2) is 23.4 Å². The smallest absolute Gasteiger partial charge is 0.160 e. The van der Waals surface area contributed by atoms with Crippen molar-refractivity contribution in [3.05, 3.63) is 23.4 Å². The first-order chi connectivity index (χ1) is 7.09. The molecule has 1 aliphatic carbocycles. The van der Waals surface area contributed by atoms with Gasteiger partial charge in [-0.25, -0.2) is 0 Å². The van der Waals surface area contributed by atoms with Crippen LogP contribution in [0.1, 0.15) is 33.1 Å². The average molecular weight is 205 g/mol. The highest BCUT2D eigenvalue weighted by Gasteiger charge is 2.30. The van der Waals surface area contributed by atoms with Gasteiger partial charge >= 0.3 is 0 Å². The molecule has 1 atom stereocenters. The highest BCUT2D eigenvalue weighted by atomic mass is 16.1. The molecule has 2 rings (SSSR count). The zero-order chi connectivity index (χ0) is 11.0. The molecule has 0 aromatic carbocycles. The quantitative estimate of drug-likeness (QED) is 0.646. The third-order valence-electron chi connectivity index (χ3n) is 3.66. The number of allylic oxidation sites excluding steroid dienone is 3. The van der Waals surface area contributed by atoms with E-state index in [9.17, 15) is 4.79 Å². The van der Waals surface area contributed by atoms with Gasteiger partial charge in [0.25, 0.3) is 0 Å². The van der Waals surface area contributed by atoms with E-state index in [2.05, 4.69) is 11.5 Å². The summed E-state index contributed by atoms with van der Waals surface area (Å²) in [6.07, 6.45) is 2.95. The Morgan fingerprint density at radius 3 is 2.53 bits per heavy atom. The lowest BCUT2D eigenvalue weighted by Gasteiger charge is -2.40. The molecule has 2 nitrogen and oxygen atoms in total. The van der Waals surface area contributed by atoms with E-state index in [0.717, 1.165) is 30.7 Å². The number of nitrogens with zero attached hydrogens (tertiary/aromatic N) is 1. The molecule has 1 unspecified atom stereocenters. The highest BCUT2D eigenvalue weighted by Crippen LogP contribution is 2.34. The first-order valence-corrected chi connectivity index (χ1v) is 5.73. The van der Waals surface area contributed by atoms with E-state index < -0.39 is 0 Å². The minimum absolute atomic E-state index is 0.316. The summed E-state index contributed by atoms with van der Waals surface area (Å²) in [5, 5.41) is 0. The number of hydrogen-bond acceptors (Lipinski definition) is 2. The maximum atomic E-state index is 11.8. The van der Waals surface area contributed by atoms with Crippen LogP contribution in [0.5, 0.6) is 0 Å². The molecule has 0 saturated carbocycles. The number of likely N-dealkylation sites (tertiary alicyclic amines) is 1. The van der Waals surface area contributed by atoms with E-state index in [0.29, 0.717) is 18.1 Å². The van der Waals surface area contributed by atoms with Gasteiger partial charge in [0.2, 0.25) is 0 Å². The van der Waals surface area contributed by atoms with Crippen LogP contribution in [0.2, 0.25) is 0 Å². The maximum absolute atomic E-state index is 11.8. The summed E-state index contributed by atoms with van der Waals surface area (Å²) in [7, 11) is 0. The number of carbonyl (C=O) groups is 1. The molecule has 1 heterocycles. The molecule has 2 heteroatoms. The lowest BCUT2D eigenvalue weighted by molar-refractivity contribution is -0.117. The lowest BCUT2D eigenvalue weighted by Crippen LogP contribution is -2.39. The topological polar surface area (TPSA) is 20.3 Å². The van der Waals surface area contributed by atoms with Crippen molar-refractivity contribution in [1.29, 1.82) is 0 Å². The molecule has 0 N–H and O–H groups in total. The molecule has 1 aliphatic heterocycles. The zero-order valence-corrected chi connectivity index (χ0v) is 9.68. The SMILES string of the molecule is C=C(C)C1CC(=O)C(C)=C(N2CCC2)C1. The summed E-state index contributed by atoms with van der Waals surface area (Å²) in [6.45, 7) is 10.2. The summed E-state index contributed by atoms with van der Waals surface area (Å²) in [5.41, 5.74) is 3.42. The molecular formula is C13H19NO. The Kier molecular flexibility index (Phi) is 2.68. The molecule has 0 aromatic heterocycles. The fourth-order valence-electron chi connectivity index (χ4n) is 2.30. The predicted octanol–water partition coefficient (Wildman–Crippen LogP) is 2.52. The van der Waals surface area contributed by atoms with Crippen molar-refractivity contribution in [3.8, 4) is 0 Å². The molecule has 0 radical (unpaired) electrons. The minimum atomic E-state index is 0.316. The van der Waals surface area contributed by atoms with Crippen molar-refractivity contribution in [1.82, 2.24) is 4.90 Å². The van der Waals surface area contributed by atoms with Gasteiger partial charge in [-0.1, -0.05) is 12.2 Å². The van der Waals surface area contributed by atoms with Gasteiger partial charge in [0, 0.05) is 30.8 Å². The van der Waals surface area contributed by atoms with Gasteiger partial charge in [-0.15, -0.1) is 0 Å². The van der Waals surface area contributed by atoms with Gasteiger partial charge < -0.3 is 4.90 Å². The van der Waals surface area contributed by atoms with Crippen LogP contribution in [0.25, 0.3) is 0 Å². The summed E-state index contributed by atoms with van der Waals surface area (Å²) in [5.74, 6) is 0.688. The molecule has 0 aromatic rings. The lowest BCUT2D eigenvalue weighted by atomic mass is 9.82. The Labute approximate surface area is 91.6 Å². The standard InChI is InChI=1S/C13H19NO/c1-9(2)11-7-12(14-5-4-6-14)10(3)13(15)8-11/h11H,1,4-8H2,2-3H3. The fourth-order valence-corrected chi connectivity index (χ4v) is 2.30. The fraction of sp³-hybridized carbons (Fsp3) is 0.615. The van der Waals surface area contributed by atoms with Crippen molar-refractivity contribution in [2.75, 3.05) is 13.1 Å². The van der Waals surface area contributed by atoms with Crippen LogP contribution in [0.4, 0.5) is 0 Å². The van der Waals surface area contributed by atoms with Crippen LogP contribution in [0.3, 0.4) is 0 Å². The van der Waals surface area contributed by atoms with E-state index in [1.54, 1.807) is 0 Å². The predicted molar refractivity (Wildman–Crippen MR) is 61.4 cm³/mol. The molecule has 1 fully saturated rings. The van der Waals surface area contributed by atoms with E-state index in [-0.39, 0.29) is 0 Å². The summed E-state index contributed by atoms with van der Waals surface area (Å²) in [6, 6.07) is 0. The highest BCUT2D eigenvalue weighted by molar-refractivity contribution is 5.96. The van der Waals surface area contributed by atoms with Crippen LogP contribution in [-0.4, -0.2) is 23.8 Å². The van der Waals surface area contributed by atoms with Gasteiger partial charge in [-0.3, -0.25) is 4.79 Å². The second-order valence-electron chi connectivity index (χ2n) is 4.79. The van der Waals surface area contributed by atoms with Crippen molar-refractivity contribution in [2.24, 2.45) is 5.92 Å². The van der Waals surface area contributed by atoms with Gasteiger partial charge in [0.05, 0.1) is 0 Å². The molecule has 1 saturated heterocycles. The molecule has 0 bridgehead atoms. The van der Waals surface area contributed by atoms with Crippen LogP contribution < -0.4 is 0 Å². The van der Waals surface area contributed by atoms with Gasteiger partial charge in [-0.05, 0) is 32.6 Å². The molecule has 15 heavy (non-hydrogen) atoms. The van der Waals surface area contributed by atoms with E-state index in [1.165, 1.54) is 12.1 Å². The van der Waals surface area contributed by atoms with Gasteiger partial charge in [-0.2, -0.15) is 0 Å². The number of carbonyl (C=O) groups excluding carboxylic acids is 1. The largest absolute Gasteiger partial charge is 0.374 e. The second kappa shape index (κ2) is 3.84. The van der Waals surface area contributed by atoms with Crippen LogP contribution in [0, 0.1) is 5.92 Å². The average Bonchev–Trinajstić information content (AvgIpc) is 2.09. The molecular weight excluding hydrogens is 186 g/mol. The maximum Gasteiger partial charge on any atom is 0.160 e. The Hall–Kier alpha value is -1.05. The van der Waals surface area contributed by atoms with E-state index in [4.69, 9.17) is 0 Å². The van der Waals surface area contributed by atoms with Crippen molar-refractivity contribution in [2.45, 2.75) is 33.1 Å². The van der Waals surface area contributed by atoms with E-state index in [1.807, 2.05) is 13.8 Å². The Balaban J connectivity index is 2.21. The van der Waals surface area contributed by atoms with Gasteiger partial charge in [0.1, 0.15) is 0 Å². The second-order valence-corrected chi connectivity index (χ2v) is 4.79. The zero-order valence-electron chi connectivity index (χ0n) is 9.68. The first-order valence-electron chi connectivity index (χ1n) is 5.73. The van der Waals surface area contributed by atoms with Crippen LogP contribution >= 0.6 is 0 Å². The number of hydrogen-bond donors (Lipinski definition) is 0. The van der Waals surface area contributed by atoms with Crippen molar-refractivity contribution in [3.63, 3.8) is 0 Å². The van der Waals surface area contributed by atoms with Crippen molar-refractivity contribution < 1.29 is 4.79 Å². The molecule has 0 spiro atoms. The first kappa shape index (κ1) is 10.5. The molecule has 82 valence electrons. The molecule has 0 amide bonds.